The van der Waals surface area contributed by atoms with Crippen molar-refractivity contribution in [1.82, 2.24) is 19.1 Å². The molecule has 242 valence electrons. The Morgan fingerprint density at radius 3 is 1.63 bits per heavy atom. The number of nitrogens with zero attached hydrogens (tertiary/aromatic N) is 4. The van der Waals surface area contributed by atoms with Crippen LogP contribution in [0.5, 0.6) is 0 Å². The first-order valence-electron chi connectivity index (χ1n) is 17.7. The number of rotatable bonds is 4. The van der Waals surface area contributed by atoms with Crippen molar-refractivity contribution in [2.24, 2.45) is 0 Å². The molecule has 52 heavy (non-hydrogen) atoms. The minimum Gasteiger partial charge on any atom is -0.309 e. The first-order chi connectivity index (χ1) is 25.8. The molecule has 0 unspecified atom stereocenters. The number of benzene rings is 8. The smallest absolute Gasteiger partial charge is 0.160 e. The van der Waals surface area contributed by atoms with Gasteiger partial charge in [0.25, 0.3) is 0 Å². The van der Waals surface area contributed by atoms with Crippen LogP contribution in [0, 0.1) is 0 Å². The molecule has 0 saturated carbocycles. The lowest BCUT2D eigenvalue weighted by Gasteiger charge is -2.11. The third kappa shape index (κ3) is 4.34. The van der Waals surface area contributed by atoms with Crippen LogP contribution in [0.25, 0.3) is 99.3 Å². The fourth-order valence-electron chi connectivity index (χ4n) is 8.08. The van der Waals surface area contributed by atoms with Gasteiger partial charge >= 0.3 is 0 Å². The molecule has 0 atom stereocenters. The lowest BCUT2D eigenvalue weighted by molar-refractivity contribution is 1.17. The van der Waals surface area contributed by atoms with Gasteiger partial charge in [-0.1, -0.05) is 109 Å². The summed E-state index contributed by atoms with van der Waals surface area (Å²) < 4.78 is 4.82. The monoisotopic (exact) mass is 662 g/mol. The molecule has 0 spiro atoms. The van der Waals surface area contributed by atoms with Crippen LogP contribution in [-0.2, 0) is 0 Å². The molecule has 0 aliphatic carbocycles. The molecule has 3 heterocycles. The molecule has 3 aromatic heterocycles. The average Bonchev–Trinajstić information content (AvgIpc) is 3.70. The van der Waals surface area contributed by atoms with Gasteiger partial charge in [0.15, 0.2) is 5.82 Å². The van der Waals surface area contributed by atoms with E-state index in [4.69, 9.17) is 9.97 Å². The van der Waals surface area contributed by atoms with Crippen molar-refractivity contribution in [2.75, 3.05) is 0 Å². The molecule has 4 nitrogen and oxygen atoms in total. The second-order valence-corrected chi connectivity index (χ2v) is 13.5. The van der Waals surface area contributed by atoms with Crippen LogP contribution in [0.4, 0.5) is 0 Å². The summed E-state index contributed by atoms with van der Waals surface area (Å²) >= 11 is 0. The minimum atomic E-state index is 0.717. The summed E-state index contributed by atoms with van der Waals surface area (Å²) in [6.45, 7) is 0. The molecule has 0 aliphatic rings. The number of hydrogen-bond donors (Lipinski definition) is 0. The molecular weight excluding hydrogens is 633 g/mol. The van der Waals surface area contributed by atoms with E-state index < -0.39 is 0 Å². The van der Waals surface area contributed by atoms with Crippen molar-refractivity contribution in [2.45, 2.75) is 0 Å². The van der Waals surface area contributed by atoms with Crippen LogP contribution >= 0.6 is 0 Å². The number of para-hydroxylation sites is 3. The van der Waals surface area contributed by atoms with Gasteiger partial charge in [-0.3, -0.25) is 0 Å². The third-order valence-corrected chi connectivity index (χ3v) is 10.5. The molecule has 8 aromatic carbocycles. The Morgan fingerprint density at radius 1 is 0.327 bits per heavy atom. The van der Waals surface area contributed by atoms with Crippen molar-refractivity contribution in [1.29, 1.82) is 0 Å². The Hall–Kier alpha value is -7.04. The van der Waals surface area contributed by atoms with Gasteiger partial charge in [0.1, 0.15) is 0 Å². The van der Waals surface area contributed by atoms with Gasteiger partial charge in [-0.25, -0.2) is 9.97 Å². The molecule has 0 fully saturated rings. The number of hydrogen-bond acceptors (Lipinski definition) is 2. The largest absolute Gasteiger partial charge is 0.309 e. The molecule has 0 amide bonds. The van der Waals surface area contributed by atoms with E-state index in [0.29, 0.717) is 5.82 Å². The van der Waals surface area contributed by atoms with E-state index in [1.165, 1.54) is 54.4 Å². The van der Waals surface area contributed by atoms with Crippen molar-refractivity contribution in [3.05, 3.63) is 182 Å². The fourth-order valence-corrected chi connectivity index (χ4v) is 8.08. The third-order valence-electron chi connectivity index (χ3n) is 10.5. The van der Waals surface area contributed by atoms with Gasteiger partial charge in [-0.2, -0.15) is 0 Å². The molecule has 4 heteroatoms. The van der Waals surface area contributed by atoms with Gasteiger partial charge in [0.2, 0.25) is 0 Å². The maximum absolute atomic E-state index is 5.13. The van der Waals surface area contributed by atoms with Crippen LogP contribution < -0.4 is 0 Å². The Balaban J connectivity index is 1.13. The molecule has 0 saturated heterocycles. The molecule has 11 aromatic rings. The lowest BCUT2D eigenvalue weighted by atomic mass is 10.0. The summed E-state index contributed by atoms with van der Waals surface area (Å²) in [5.74, 6) is 0.717. The molecule has 0 aliphatic heterocycles. The van der Waals surface area contributed by atoms with E-state index >= 15 is 0 Å². The Morgan fingerprint density at radius 2 is 0.865 bits per heavy atom. The van der Waals surface area contributed by atoms with E-state index in [-0.39, 0.29) is 0 Å². The van der Waals surface area contributed by atoms with Crippen LogP contribution in [0.3, 0.4) is 0 Å². The van der Waals surface area contributed by atoms with Gasteiger partial charge in [-0.15, -0.1) is 0 Å². The topological polar surface area (TPSA) is 35.6 Å². The van der Waals surface area contributed by atoms with E-state index in [1.54, 1.807) is 0 Å². The summed E-state index contributed by atoms with van der Waals surface area (Å²) in [5, 5.41) is 8.45. The van der Waals surface area contributed by atoms with Gasteiger partial charge < -0.3 is 9.13 Å². The average molecular weight is 663 g/mol. The van der Waals surface area contributed by atoms with E-state index in [0.717, 1.165) is 39.1 Å². The minimum absolute atomic E-state index is 0.717. The molecular formula is C48H30N4. The van der Waals surface area contributed by atoms with Crippen molar-refractivity contribution >= 4 is 65.3 Å². The normalized spacial score (nSPS) is 11.8. The highest BCUT2D eigenvalue weighted by Crippen LogP contribution is 2.41. The zero-order valence-electron chi connectivity index (χ0n) is 28.1. The molecule has 11 rings (SSSR count). The van der Waals surface area contributed by atoms with Gasteiger partial charge in [0.05, 0.1) is 33.3 Å². The summed E-state index contributed by atoms with van der Waals surface area (Å²) in [6.07, 6.45) is 0. The lowest BCUT2D eigenvalue weighted by Crippen LogP contribution is -1.97. The van der Waals surface area contributed by atoms with Crippen molar-refractivity contribution < 1.29 is 0 Å². The quantitative estimate of drug-likeness (QED) is 0.188. The second-order valence-electron chi connectivity index (χ2n) is 13.5. The maximum Gasteiger partial charge on any atom is 0.160 e. The first-order valence-corrected chi connectivity index (χ1v) is 17.7. The standard InChI is InChI=1S/C48H30N4/c1-3-13-31(14-4-1)47-38-20-9-11-21-42(38)49-48(50-47)32-23-25-36(26-24-32)51-43-22-12-10-19-37(43)40-29-46-41(30-45(40)51)39-27-33-15-7-8-16-34(33)28-44(39)52(46)35-17-5-2-6-18-35/h1-30H. The highest BCUT2D eigenvalue weighted by Gasteiger charge is 2.19. The van der Waals surface area contributed by atoms with Gasteiger partial charge in [-0.05, 0) is 83.6 Å². The van der Waals surface area contributed by atoms with Gasteiger partial charge in [0, 0.05) is 49.4 Å². The first kappa shape index (κ1) is 28.8. The zero-order valence-corrected chi connectivity index (χ0v) is 28.1. The maximum atomic E-state index is 5.13. The molecule has 0 bridgehead atoms. The van der Waals surface area contributed by atoms with Crippen LogP contribution in [0.2, 0.25) is 0 Å². The SMILES string of the molecule is c1ccc(-c2nc(-c3ccc(-n4c5ccccc5c5cc6c(cc54)c4cc5ccccc5cc4n6-c4ccccc4)cc3)nc3ccccc23)cc1. The van der Waals surface area contributed by atoms with E-state index in [1.807, 2.05) is 18.2 Å². The molecule has 0 radical (unpaired) electrons. The Kier molecular flexibility index (Phi) is 6.22. The summed E-state index contributed by atoms with van der Waals surface area (Å²) in [4.78, 5) is 10.1. The van der Waals surface area contributed by atoms with Crippen LogP contribution in [0.15, 0.2) is 182 Å². The number of aromatic nitrogens is 4. The highest BCUT2D eigenvalue weighted by molar-refractivity contribution is 6.20. The zero-order chi connectivity index (χ0) is 34.2. The summed E-state index contributed by atoms with van der Waals surface area (Å²) in [7, 11) is 0. The highest BCUT2D eigenvalue weighted by atomic mass is 15.0. The summed E-state index contributed by atoms with van der Waals surface area (Å²) in [5.41, 5.74) is 10.9. The van der Waals surface area contributed by atoms with E-state index in [2.05, 4.69) is 173 Å². The predicted octanol–water partition coefficient (Wildman–Crippen LogP) is 12.3. The summed E-state index contributed by atoms with van der Waals surface area (Å²) in [6, 6.07) is 64.9. The van der Waals surface area contributed by atoms with E-state index in [9.17, 15) is 0 Å². The Labute approximate surface area is 299 Å². The second kappa shape index (κ2) is 11.2. The fraction of sp³-hybridized carbons (Fsp3) is 0. The van der Waals surface area contributed by atoms with Crippen molar-refractivity contribution in [3.63, 3.8) is 0 Å². The molecule has 0 N–H and O–H groups in total. The van der Waals surface area contributed by atoms with Crippen molar-refractivity contribution in [3.8, 4) is 34.0 Å². The van der Waals surface area contributed by atoms with Crippen LogP contribution in [-0.4, -0.2) is 19.1 Å². The Bertz CT molecular complexity index is 3160. The van der Waals surface area contributed by atoms with Crippen LogP contribution in [0.1, 0.15) is 0 Å². The number of fused-ring (bicyclic) bond motifs is 8. The predicted molar refractivity (Wildman–Crippen MR) is 217 cm³/mol.